The van der Waals surface area contributed by atoms with Gasteiger partial charge in [-0.1, -0.05) is 249 Å². The average molecular weight is 872 g/mol. The molecule has 3 N–H and O–H groups in total. The van der Waals surface area contributed by atoms with Crippen molar-refractivity contribution in [3.63, 3.8) is 0 Å². The third-order valence-corrected chi connectivity index (χ3v) is 12.4. The molecule has 0 aromatic rings. The second-order valence-corrected chi connectivity index (χ2v) is 18.6. The van der Waals surface area contributed by atoms with Crippen molar-refractivity contribution in [2.75, 3.05) is 13.2 Å². The van der Waals surface area contributed by atoms with Gasteiger partial charge in [0, 0.05) is 12.8 Å². The molecule has 0 heterocycles. The van der Waals surface area contributed by atoms with Crippen LogP contribution in [0.4, 0.5) is 0 Å². The van der Waals surface area contributed by atoms with Crippen LogP contribution in [0.3, 0.4) is 0 Å². The van der Waals surface area contributed by atoms with Gasteiger partial charge in [0.25, 0.3) is 0 Å². The smallest absolute Gasteiger partial charge is 0.305 e. The van der Waals surface area contributed by atoms with Crippen molar-refractivity contribution in [3.05, 3.63) is 36.5 Å². The number of hydrogen-bond acceptors (Lipinski definition) is 5. The van der Waals surface area contributed by atoms with Crippen molar-refractivity contribution in [1.82, 2.24) is 5.32 Å². The van der Waals surface area contributed by atoms with Crippen LogP contribution >= 0.6 is 0 Å². The van der Waals surface area contributed by atoms with E-state index in [1.807, 2.05) is 6.08 Å². The third-order valence-electron chi connectivity index (χ3n) is 12.4. The molecule has 6 heteroatoms. The van der Waals surface area contributed by atoms with Crippen LogP contribution in [-0.2, 0) is 14.3 Å². The van der Waals surface area contributed by atoms with Crippen LogP contribution in [0.1, 0.15) is 284 Å². The van der Waals surface area contributed by atoms with E-state index in [4.69, 9.17) is 4.74 Å². The first-order valence-corrected chi connectivity index (χ1v) is 27.3. The summed E-state index contributed by atoms with van der Waals surface area (Å²) in [5.74, 6) is -0.126. The number of amides is 1. The highest BCUT2D eigenvalue weighted by molar-refractivity contribution is 5.76. The Balaban J connectivity index is 3.53. The van der Waals surface area contributed by atoms with Gasteiger partial charge in [0.2, 0.25) is 5.91 Å². The fourth-order valence-electron chi connectivity index (χ4n) is 8.20. The van der Waals surface area contributed by atoms with Crippen molar-refractivity contribution in [2.45, 2.75) is 296 Å². The molecule has 6 nitrogen and oxygen atoms in total. The lowest BCUT2D eigenvalue weighted by molar-refractivity contribution is -0.143. The lowest BCUT2D eigenvalue weighted by atomic mass is 10.0. The molecule has 2 atom stereocenters. The average Bonchev–Trinajstić information content (AvgIpc) is 3.27. The zero-order valence-electron chi connectivity index (χ0n) is 41.4. The summed E-state index contributed by atoms with van der Waals surface area (Å²) in [5, 5.41) is 23.1. The molecule has 0 saturated heterocycles. The maximum Gasteiger partial charge on any atom is 0.305 e. The van der Waals surface area contributed by atoms with Crippen molar-refractivity contribution in [2.24, 2.45) is 0 Å². The Morgan fingerprint density at radius 3 is 1.29 bits per heavy atom. The van der Waals surface area contributed by atoms with Gasteiger partial charge in [0.1, 0.15) is 0 Å². The van der Waals surface area contributed by atoms with Crippen LogP contribution in [0.5, 0.6) is 0 Å². The van der Waals surface area contributed by atoms with Gasteiger partial charge in [-0.2, -0.15) is 0 Å². The predicted molar refractivity (Wildman–Crippen MR) is 269 cm³/mol. The van der Waals surface area contributed by atoms with Crippen molar-refractivity contribution in [3.8, 4) is 0 Å². The van der Waals surface area contributed by atoms with E-state index in [0.29, 0.717) is 19.4 Å². The highest BCUT2D eigenvalue weighted by atomic mass is 16.5. The lowest BCUT2D eigenvalue weighted by Crippen LogP contribution is -2.45. The number of esters is 1. The first kappa shape index (κ1) is 60.1. The number of rotatable bonds is 50. The minimum absolute atomic E-state index is 0.0361. The zero-order chi connectivity index (χ0) is 45.1. The number of carbonyl (C=O) groups excluding carboxylic acids is 2. The van der Waals surface area contributed by atoms with Crippen LogP contribution < -0.4 is 5.32 Å². The number of aliphatic hydroxyl groups excluding tert-OH is 2. The van der Waals surface area contributed by atoms with Crippen LogP contribution in [0, 0.1) is 0 Å². The molecular weight excluding hydrogens is 767 g/mol. The summed E-state index contributed by atoms with van der Waals surface area (Å²) in [6, 6.07) is -0.647. The predicted octanol–water partition coefficient (Wildman–Crippen LogP) is 16.5. The molecule has 0 saturated carbocycles. The molecule has 0 aromatic heterocycles. The Morgan fingerprint density at radius 1 is 0.452 bits per heavy atom. The summed E-state index contributed by atoms with van der Waals surface area (Å²) in [5.41, 5.74) is 0. The third kappa shape index (κ3) is 47.6. The summed E-state index contributed by atoms with van der Waals surface area (Å²) in [6.07, 6.45) is 62.9. The largest absolute Gasteiger partial charge is 0.466 e. The minimum atomic E-state index is -0.861. The molecule has 0 aliphatic heterocycles. The van der Waals surface area contributed by atoms with Gasteiger partial charge in [-0.3, -0.25) is 9.59 Å². The van der Waals surface area contributed by atoms with Crippen molar-refractivity contribution < 1.29 is 24.5 Å². The quantitative estimate of drug-likeness (QED) is 0.0321. The summed E-state index contributed by atoms with van der Waals surface area (Å²) in [4.78, 5) is 24.5. The lowest BCUT2D eigenvalue weighted by Gasteiger charge is -2.20. The highest BCUT2D eigenvalue weighted by Gasteiger charge is 2.18. The second-order valence-electron chi connectivity index (χ2n) is 18.6. The summed E-state index contributed by atoms with van der Waals surface area (Å²) in [6.45, 7) is 4.79. The minimum Gasteiger partial charge on any atom is -0.466 e. The summed E-state index contributed by atoms with van der Waals surface area (Å²) < 4.78 is 5.44. The van der Waals surface area contributed by atoms with E-state index >= 15 is 0 Å². The van der Waals surface area contributed by atoms with E-state index in [1.54, 1.807) is 6.08 Å². The van der Waals surface area contributed by atoms with Crippen LogP contribution in [0.15, 0.2) is 36.5 Å². The topological polar surface area (TPSA) is 95.9 Å². The van der Waals surface area contributed by atoms with Crippen LogP contribution in [-0.4, -0.2) is 47.4 Å². The van der Waals surface area contributed by atoms with Crippen LogP contribution in [0.2, 0.25) is 0 Å². The van der Waals surface area contributed by atoms with E-state index in [0.717, 1.165) is 70.6 Å². The van der Waals surface area contributed by atoms with E-state index in [9.17, 15) is 19.8 Å². The molecule has 0 bridgehead atoms. The Hall–Kier alpha value is -1.92. The number of hydrogen-bond donors (Lipinski definition) is 3. The van der Waals surface area contributed by atoms with E-state index in [-0.39, 0.29) is 18.5 Å². The molecule has 0 radical (unpaired) electrons. The van der Waals surface area contributed by atoms with Gasteiger partial charge in [-0.25, -0.2) is 0 Å². The molecule has 0 fully saturated rings. The van der Waals surface area contributed by atoms with E-state index < -0.39 is 12.1 Å². The van der Waals surface area contributed by atoms with E-state index in [2.05, 4.69) is 43.5 Å². The van der Waals surface area contributed by atoms with Gasteiger partial charge in [-0.15, -0.1) is 0 Å². The van der Waals surface area contributed by atoms with Crippen molar-refractivity contribution >= 4 is 11.9 Å². The molecule has 62 heavy (non-hydrogen) atoms. The summed E-state index contributed by atoms with van der Waals surface area (Å²) in [7, 11) is 0. The van der Waals surface area contributed by atoms with Gasteiger partial charge < -0.3 is 20.3 Å². The van der Waals surface area contributed by atoms with Gasteiger partial charge in [0.15, 0.2) is 0 Å². The van der Waals surface area contributed by atoms with Gasteiger partial charge >= 0.3 is 5.97 Å². The molecule has 1 amide bonds. The first-order chi connectivity index (χ1) is 30.5. The molecule has 2 unspecified atom stereocenters. The van der Waals surface area contributed by atoms with Crippen LogP contribution in [0.25, 0.3) is 0 Å². The highest BCUT2D eigenvalue weighted by Crippen LogP contribution is 2.16. The molecule has 0 rings (SSSR count). The van der Waals surface area contributed by atoms with E-state index in [1.165, 1.54) is 186 Å². The second kappa shape index (κ2) is 51.7. The number of ether oxygens (including phenoxy) is 1. The first-order valence-electron chi connectivity index (χ1n) is 27.3. The number of unbranched alkanes of at least 4 members (excludes halogenated alkanes) is 35. The van der Waals surface area contributed by atoms with Gasteiger partial charge in [0.05, 0.1) is 25.4 Å². The SMILES string of the molecule is CCC/C=C\C/C=C\CCCCCCCC(=O)OCCCCCCCCCCCCC(=O)NC(CO)C(O)/C=C/CCCCCCCCCCCCCCCCCCCCCC. The fraction of sp³-hybridized carbons (Fsp3) is 0.857. The zero-order valence-corrected chi connectivity index (χ0v) is 41.4. The monoisotopic (exact) mass is 872 g/mol. The summed E-state index contributed by atoms with van der Waals surface area (Å²) >= 11 is 0. The molecule has 0 aromatic carbocycles. The Bertz CT molecular complexity index is 1010. The number of carbonyl (C=O) groups is 2. The Kier molecular flexibility index (Phi) is 50.1. The normalized spacial score (nSPS) is 12.9. The standard InChI is InChI=1S/C56H105NO5/c1-3-5-7-9-11-13-15-17-18-19-20-21-22-23-24-25-27-28-32-36-40-44-48-54(59)53(52-58)57-55(60)49-45-41-37-33-30-31-35-39-43-47-51-62-56(61)50-46-42-38-34-29-26-16-14-12-10-8-6-4-2/h8,10,14,16,44,48,53-54,58-59H,3-7,9,11-13,15,17-43,45-47,49-52H2,1-2H3,(H,57,60)/b10-8-,16-14-,48-44+. The number of allylic oxidation sites excluding steroid dienone is 5. The molecule has 364 valence electrons. The number of nitrogens with one attached hydrogen (secondary N) is 1. The fourth-order valence-corrected chi connectivity index (χ4v) is 8.20. The Morgan fingerprint density at radius 2 is 0.839 bits per heavy atom. The maximum atomic E-state index is 12.5. The Labute approximate surface area is 385 Å². The molecule has 0 aliphatic carbocycles. The van der Waals surface area contributed by atoms with Gasteiger partial charge in [-0.05, 0) is 57.8 Å². The maximum absolute atomic E-state index is 12.5. The number of aliphatic hydroxyl groups is 2. The molecule has 0 aliphatic rings. The van der Waals surface area contributed by atoms with Crippen molar-refractivity contribution in [1.29, 1.82) is 0 Å². The molecular formula is C56H105NO5. The molecule has 0 spiro atoms.